The fraction of sp³-hybridized carbons (Fsp3) is 0.391. The average molecular weight is 410 g/mol. The van der Waals surface area contributed by atoms with Gasteiger partial charge < -0.3 is 24.0 Å². The van der Waals surface area contributed by atoms with Crippen LogP contribution in [0.25, 0.3) is 0 Å². The number of carbonyl (C=O) groups is 2. The molecule has 2 aliphatic heterocycles. The van der Waals surface area contributed by atoms with Gasteiger partial charge in [-0.1, -0.05) is 18.2 Å². The Morgan fingerprint density at radius 2 is 1.93 bits per heavy atom. The molecular formula is C23H26N2O5. The van der Waals surface area contributed by atoms with Crippen molar-refractivity contribution >= 4 is 17.5 Å². The third-order valence-electron chi connectivity index (χ3n) is 5.47. The molecule has 2 aromatic rings. The van der Waals surface area contributed by atoms with Gasteiger partial charge in [-0.05, 0) is 30.7 Å². The summed E-state index contributed by atoms with van der Waals surface area (Å²) >= 11 is 0. The van der Waals surface area contributed by atoms with E-state index in [1.165, 1.54) is 0 Å². The highest BCUT2D eigenvalue weighted by Gasteiger charge is 2.36. The van der Waals surface area contributed by atoms with Crippen LogP contribution < -0.4 is 19.1 Å². The summed E-state index contributed by atoms with van der Waals surface area (Å²) < 4.78 is 16.9. The fourth-order valence-corrected chi connectivity index (χ4v) is 3.76. The minimum atomic E-state index is -0.367. The molecule has 0 bridgehead atoms. The third-order valence-corrected chi connectivity index (χ3v) is 5.47. The number of likely N-dealkylation sites (N-methyl/N-ethyl adjacent to an activating group) is 1. The number of fused-ring (bicyclic) bond motifs is 1. The number of anilines is 1. The Labute approximate surface area is 176 Å². The molecule has 2 aromatic carbocycles. The summed E-state index contributed by atoms with van der Waals surface area (Å²) in [5.41, 5.74) is 1.79. The van der Waals surface area contributed by atoms with Crippen LogP contribution in [-0.2, 0) is 9.59 Å². The molecule has 0 spiro atoms. The highest BCUT2D eigenvalue weighted by molar-refractivity contribution is 6.00. The Balaban J connectivity index is 1.34. The van der Waals surface area contributed by atoms with Crippen molar-refractivity contribution in [2.24, 2.45) is 5.92 Å². The van der Waals surface area contributed by atoms with Crippen LogP contribution in [0.1, 0.15) is 12.0 Å². The smallest absolute Gasteiger partial charge is 0.227 e. The van der Waals surface area contributed by atoms with Crippen LogP contribution in [0.5, 0.6) is 17.2 Å². The number of rotatable bonds is 6. The minimum Gasteiger partial charge on any atom is -0.491 e. The molecular weight excluding hydrogens is 384 g/mol. The van der Waals surface area contributed by atoms with E-state index in [4.69, 9.17) is 14.2 Å². The number of amides is 2. The van der Waals surface area contributed by atoms with Crippen molar-refractivity contribution in [2.75, 3.05) is 44.9 Å². The second-order valence-electron chi connectivity index (χ2n) is 7.61. The molecule has 1 fully saturated rings. The Kier molecular flexibility index (Phi) is 5.79. The largest absolute Gasteiger partial charge is 0.491 e. The Hall–Kier alpha value is -3.22. The molecule has 30 heavy (non-hydrogen) atoms. The van der Waals surface area contributed by atoms with Crippen molar-refractivity contribution in [3.8, 4) is 17.2 Å². The van der Waals surface area contributed by atoms with Gasteiger partial charge >= 0.3 is 0 Å². The monoisotopic (exact) mass is 410 g/mol. The number of benzene rings is 2. The summed E-state index contributed by atoms with van der Waals surface area (Å²) in [6, 6.07) is 13.2. The van der Waals surface area contributed by atoms with Crippen molar-refractivity contribution in [3.05, 3.63) is 48.0 Å². The summed E-state index contributed by atoms with van der Waals surface area (Å²) in [4.78, 5) is 28.7. The zero-order valence-corrected chi connectivity index (χ0v) is 17.3. The van der Waals surface area contributed by atoms with E-state index in [2.05, 4.69) is 0 Å². The predicted molar refractivity (Wildman–Crippen MR) is 112 cm³/mol. The molecule has 7 nitrogen and oxygen atoms in total. The summed E-state index contributed by atoms with van der Waals surface area (Å²) in [5, 5.41) is 0. The van der Waals surface area contributed by atoms with Gasteiger partial charge in [-0.25, -0.2) is 0 Å². The molecule has 7 heteroatoms. The minimum absolute atomic E-state index is 0.0447. The molecule has 0 aliphatic carbocycles. The second-order valence-corrected chi connectivity index (χ2v) is 7.61. The molecule has 0 N–H and O–H groups in total. The van der Waals surface area contributed by atoms with Crippen molar-refractivity contribution in [2.45, 2.75) is 13.3 Å². The Morgan fingerprint density at radius 1 is 1.17 bits per heavy atom. The number of nitrogens with zero attached hydrogens (tertiary/aromatic N) is 2. The molecule has 4 rings (SSSR count). The van der Waals surface area contributed by atoms with E-state index >= 15 is 0 Å². The standard InChI is InChI=1S/C23H26N2O5/c1-16-5-3-4-6-19(16)28-10-9-24(2)23(27)17-13-22(26)25(15-17)18-7-8-20-21(14-18)30-12-11-29-20/h3-8,14,17H,9-13,15H2,1-2H3/t17-/m0/s1. The maximum atomic E-state index is 12.9. The van der Waals surface area contributed by atoms with Gasteiger partial charge in [-0.2, -0.15) is 0 Å². The van der Waals surface area contributed by atoms with Crippen LogP contribution in [0.15, 0.2) is 42.5 Å². The summed E-state index contributed by atoms with van der Waals surface area (Å²) in [6.45, 7) is 4.22. The van der Waals surface area contributed by atoms with Gasteiger partial charge in [0.05, 0.1) is 12.5 Å². The van der Waals surface area contributed by atoms with Crippen molar-refractivity contribution in [1.29, 1.82) is 0 Å². The SMILES string of the molecule is Cc1ccccc1OCCN(C)C(=O)[C@H]1CC(=O)N(c2ccc3c(c2)OCCO3)C1. The summed E-state index contributed by atoms with van der Waals surface area (Å²) in [6.07, 6.45) is 0.205. The van der Waals surface area contributed by atoms with Gasteiger partial charge in [0.2, 0.25) is 11.8 Å². The van der Waals surface area contributed by atoms with Crippen LogP contribution in [0.4, 0.5) is 5.69 Å². The molecule has 0 aromatic heterocycles. The van der Waals surface area contributed by atoms with E-state index in [0.29, 0.717) is 44.4 Å². The van der Waals surface area contributed by atoms with Crippen molar-refractivity contribution in [1.82, 2.24) is 4.90 Å². The number of hydrogen-bond donors (Lipinski definition) is 0. The maximum absolute atomic E-state index is 12.9. The predicted octanol–water partition coefficient (Wildman–Crippen LogP) is 2.66. The zero-order chi connectivity index (χ0) is 21.1. The van der Waals surface area contributed by atoms with Gasteiger partial charge in [0.1, 0.15) is 25.6 Å². The highest BCUT2D eigenvalue weighted by Crippen LogP contribution is 2.36. The molecule has 2 heterocycles. The second kappa shape index (κ2) is 8.65. The summed E-state index contributed by atoms with van der Waals surface area (Å²) in [5.74, 6) is 1.66. The lowest BCUT2D eigenvalue weighted by Gasteiger charge is -2.23. The van der Waals surface area contributed by atoms with Crippen LogP contribution in [0, 0.1) is 12.8 Å². The highest BCUT2D eigenvalue weighted by atomic mass is 16.6. The number of carbonyl (C=O) groups excluding carboxylic acids is 2. The molecule has 2 aliphatic rings. The van der Waals surface area contributed by atoms with Crippen LogP contribution in [0.3, 0.4) is 0 Å². The topological polar surface area (TPSA) is 68.3 Å². The van der Waals surface area contributed by atoms with Gasteiger partial charge in [-0.15, -0.1) is 0 Å². The van der Waals surface area contributed by atoms with Gasteiger partial charge in [-0.3, -0.25) is 9.59 Å². The van der Waals surface area contributed by atoms with E-state index in [1.54, 1.807) is 29.0 Å². The van der Waals surface area contributed by atoms with Gasteiger partial charge in [0, 0.05) is 31.8 Å². The normalized spacial score (nSPS) is 17.7. The molecule has 158 valence electrons. The number of para-hydroxylation sites is 1. The van der Waals surface area contributed by atoms with Gasteiger partial charge in [0.15, 0.2) is 11.5 Å². The first-order valence-corrected chi connectivity index (χ1v) is 10.2. The van der Waals surface area contributed by atoms with Crippen LogP contribution in [-0.4, -0.2) is 56.7 Å². The Bertz CT molecular complexity index is 945. The van der Waals surface area contributed by atoms with Gasteiger partial charge in [0.25, 0.3) is 0 Å². The number of aryl methyl sites for hydroxylation is 1. The number of ether oxygens (including phenoxy) is 3. The number of hydrogen-bond acceptors (Lipinski definition) is 5. The first kappa shape index (κ1) is 20.1. The first-order valence-electron chi connectivity index (χ1n) is 10.2. The zero-order valence-electron chi connectivity index (χ0n) is 17.3. The lowest BCUT2D eigenvalue weighted by atomic mass is 10.1. The molecule has 0 saturated carbocycles. The van der Waals surface area contributed by atoms with Crippen LogP contribution >= 0.6 is 0 Å². The molecule has 0 radical (unpaired) electrons. The Morgan fingerprint density at radius 3 is 2.73 bits per heavy atom. The average Bonchev–Trinajstić information content (AvgIpc) is 3.15. The van der Waals surface area contributed by atoms with E-state index < -0.39 is 0 Å². The van der Waals surface area contributed by atoms with Crippen molar-refractivity contribution in [3.63, 3.8) is 0 Å². The third kappa shape index (κ3) is 4.20. The van der Waals surface area contributed by atoms with Crippen molar-refractivity contribution < 1.29 is 23.8 Å². The maximum Gasteiger partial charge on any atom is 0.227 e. The summed E-state index contributed by atoms with van der Waals surface area (Å²) in [7, 11) is 1.75. The fourth-order valence-electron chi connectivity index (χ4n) is 3.76. The first-order chi connectivity index (χ1) is 14.5. The van der Waals surface area contributed by atoms with E-state index in [0.717, 1.165) is 17.0 Å². The van der Waals surface area contributed by atoms with Crippen LogP contribution in [0.2, 0.25) is 0 Å². The van der Waals surface area contributed by atoms with E-state index in [9.17, 15) is 9.59 Å². The molecule has 1 atom stereocenters. The lowest BCUT2D eigenvalue weighted by Crippen LogP contribution is -2.37. The van der Waals surface area contributed by atoms with E-state index in [-0.39, 0.29) is 24.2 Å². The molecule has 2 amide bonds. The van der Waals surface area contributed by atoms with E-state index in [1.807, 2.05) is 37.3 Å². The lowest BCUT2D eigenvalue weighted by molar-refractivity contribution is -0.134. The quantitative estimate of drug-likeness (QED) is 0.732. The molecule has 0 unspecified atom stereocenters. The molecule has 1 saturated heterocycles.